The SMILES string of the molecule is N=C(N)Nc1cccc2cc(S(=O)(=O)NCCCCC(=O)O)ccc12. The predicted octanol–water partition coefficient (Wildman–Crippen LogP) is 1.68. The van der Waals surface area contributed by atoms with E-state index in [1.807, 2.05) is 0 Å². The Balaban J connectivity index is 2.14. The van der Waals surface area contributed by atoms with Crippen molar-refractivity contribution in [2.24, 2.45) is 5.73 Å². The normalized spacial score (nSPS) is 11.4. The quantitative estimate of drug-likeness (QED) is 0.274. The average Bonchev–Trinajstić information content (AvgIpc) is 2.53. The summed E-state index contributed by atoms with van der Waals surface area (Å²) in [6.45, 7) is 0.180. The lowest BCUT2D eigenvalue weighted by atomic mass is 10.1. The zero-order chi connectivity index (χ0) is 18.4. The first-order valence-corrected chi connectivity index (χ1v) is 9.13. The fourth-order valence-corrected chi connectivity index (χ4v) is 3.48. The van der Waals surface area contributed by atoms with Crippen LogP contribution in [0.2, 0.25) is 0 Å². The van der Waals surface area contributed by atoms with Crippen LogP contribution in [0.3, 0.4) is 0 Å². The number of carbonyl (C=O) groups is 1. The first-order valence-electron chi connectivity index (χ1n) is 7.65. The molecule has 0 atom stereocenters. The Morgan fingerprint density at radius 2 is 1.96 bits per heavy atom. The highest BCUT2D eigenvalue weighted by Crippen LogP contribution is 2.25. The molecule has 0 spiro atoms. The maximum absolute atomic E-state index is 12.3. The number of aliphatic carboxylic acids is 1. The van der Waals surface area contributed by atoms with Gasteiger partial charge in [0.25, 0.3) is 0 Å². The predicted molar refractivity (Wildman–Crippen MR) is 96.2 cm³/mol. The van der Waals surface area contributed by atoms with Gasteiger partial charge in [-0.1, -0.05) is 18.2 Å². The summed E-state index contributed by atoms with van der Waals surface area (Å²) in [7, 11) is -3.67. The number of hydrogen-bond acceptors (Lipinski definition) is 4. The molecule has 0 aromatic heterocycles. The molecule has 9 heteroatoms. The van der Waals surface area contributed by atoms with E-state index in [1.54, 1.807) is 30.3 Å². The number of rotatable bonds is 8. The molecule has 0 saturated carbocycles. The number of nitrogens with one attached hydrogen (secondary N) is 3. The van der Waals surface area contributed by atoms with Crippen LogP contribution in [-0.2, 0) is 14.8 Å². The third kappa shape index (κ3) is 5.16. The summed E-state index contributed by atoms with van der Waals surface area (Å²) in [6.07, 6.45) is 0.880. The van der Waals surface area contributed by atoms with Crippen LogP contribution >= 0.6 is 0 Å². The van der Waals surface area contributed by atoms with Crippen LogP contribution in [0.15, 0.2) is 41.3 Å². The number of fused-ring (bicyclic) bond motifs is 1. The third-order valence-corrected chi connectivity index (χ3v) is 5.00. The van der Waals surface area contributed by atoms with E-state index in [0.717, 1.165) is 5.39 Å². The molecule has 2 aromatic rings. The minimum atomic E-state index is -3.67. The summed E-state index contributed by atoms with van der Waals surface area (Å²) < 4.78 is 27.1. The molecule has 0 aliphatic rings. The van der Waals surface area contributed by atoms with Crippen LogP contribution in [0.1, 0.15) is 19.3 Å². The second-order valence-corrected chi connectivity index (χ2v) is 7.24. The number of guanidine groups is 1. The van der Waals surface area contributed by atoms with Crippen LogP contribution in [0.4, 0.5) is 5.69 Å². The summed E-state index contributed by atoms with van der Waals surface area (Å²) in [5, 5.41) is 20.0. The van der Waals surface area contributed by atoms with Crippen molar-refractivity contribution >= 4 is 38.4 Å². The van der Waals surface area contributed by atoms with Crippen molar-refractivity contribution in [3.63, 3.8) is 0 Å². The Kier molecular flexibility index (Phi) is 5.94. The van der Waals surface area contributed by atoms with Gasteiger partial charge >= 0.3 is 5.97 Å². The average molecular weight is 364 g/mol. The summed E-state index contributed by atoms with van der Waals surface area (Å²) in [4.78, 5) is 10.6. The number of benzene rings is 2. The highest BCUT2D eigenvalue weighted by atomic mass is 32.2. The van der Waals surface area contributed by atoms with Crippen LogP contribution in [-0.4, -0.2) is 32.0 Å². The van der Waals surface area contributed by atoms with Gasteiger partial charge in [0, 0.05) is 24.0 Å². The van der Waals surface area contributed by atoms with E-state index in [0.29, 0.717) is 23.9 Å². The van der Waals surface area contributed by atoms with Gasteiger partial charge in [-0.05, 0) is 36.4 Å². The van der Waals surface area contributed by atoms with Crippen LogP contribution < -0.4 is 15.8 Å². The number of anilines is 1. The standard InChI is InChI=1S/C16H20N4O4S/c17-16(18)20-14-5-3-4-11-10-12(7-8-13(11)14)25(23,24)19-9-2-1-6-15(21)22/h3-5,7-8,10,19H,1-2,6,9H2,(H,21,22)(H4,17,18,20). The van der Waals surface area contributed by atoms with Gasteiger partial charge in [0.2, 0.25) is 10.0 Å². The number of carboxylic acids is 1. The highest BCUT2D eigenvalue weighted by Gasteiger charge is 2.14. The summed E-state index contributed by atoms with van der Waals surface area (Å²) in [6, 6.07) is 9.93. The molecule has 0 unspecified atom stereocenters. The second kappa shape index (κ2) is 7.95. The van der Waals surface area contributed by atoms with E-state index >= 15 is 0 Å². The minimum Gasteiger partial charge on any atom is -0.481 e. The molecule has 0 radical (unpaired) electrons. The molecule has 0 heterocycles. The lowest BCUT2D eigenvalue weighted by Gasteiger charge is -2.10. The fourth-order valence-electron chi connectivity index (χ4n) is 2.37. The van der Waals surface area contributed by atoms with E-state index in [-0.39, 0.29) is 23.8 Å². The first-order chi connectivity index (χ1) is 11.8. The van der Waals surface area contributed by atoms with Gasteiger partial charge in [-0.3, -0.25) is 10.2 Å². The van der Waals surface area contributed by atoms with Crippen molar-refractivity contribution in [2.45, 2.75) is 24.2 Å². The van der Waals surface area contributed by atoms with Crippen LogP contribution in [0.5, 0.6) is 0 Å². The van der Waals surface area contributed by atoms with Crippen LogP contribution in [0.25, 0.3) is 10.8 Å². The number of sulfonamides is 1. The molecule has 8 nitrogen and oxygen atoms in total. The lowest BCUT2D eigenvalue weighted by molar-refractivity contribution is -0.137. The monoisotopic (exact) mass is 364 g/mol. The Morgan fingerprint density at radius 1 is 1.20 bits per heavy atom. The van der Waals surface area contributed by atoms with Crippen molar-refractivity contribution in [1.29, 1.82) is 5.41 Å². The number of hydrogen-bond donors (Lipinski definition) is 5. The Labute approximate surface area is 145 Å². The van der Waals surface area contributed by atoms with Crippen molar-refractivity contribution in [3.8, 4) is 0 Å². The van der Waals surface area contributed by atoms with E-state index < -0.39 is 16.0 Å². The Hall–Kier alpha value is -2.65. The van der Waals surface area contributed by atoms with Crippen LogP contribution in [0, 0.1) is 5.41 Å². The van der Waals surface area contributed by atoms with Gasteiger partial charge in [-0.2, -0.15) is 0 Å². The molecule has 0 aliphatic carbocycles. The number of carboxylic acid groups (broad SMARTS) is 1. The van der Waals surface area contributed by atoms with Crippen molar-refractivity contribution in [1.82, 2.24) is 4.72 Å². The topological polar surface area (TPSA) is 145 Å². The van der Waals surface area contributed by atoms with E-state index in [1.165, 1.54) is 6.07 Å². The second-order valence-electron chi connectivity index (χ2n) is 5.48. The summed E-state index contributed by atoms with van der Waals surface area (Å²) >= 11 is 0. The molecule has 0 bridgehead atoms. The largest absolute Gasteiger partial charge is 0.481 e. The third-order valence-electron chi connectivity index (χ3n) is 3.54. The smallest absolute Gasteiger partial charge is 0.303 e. The van der Waals surface area contributed by atoms with Crippen molar-refractivity contribution in [3.05, 3.63) is 36.4 Å². The highest BCUT2D eigenvalue weighted by molar-refractivity contribution is 7.89. The maximum Gasteiger partial charge on any atom is 0.303 e. The molecule has 25 heavy (non-hydrogen) atoms. The van der Waals surface area contributed by atoms with Crippen molar-refractivity contribution < 1.29 is 18.3 Å². The zero-order valence-corrected chi connectivity index (χ0v) is 14.3. The number of unbranched alkanes of at least 4 members (excludes halogenated alkanes) is 1. The summed E-state index contributed by atoms with van der Waals surface area (Å²) in [5.41, 5.74) is 5.96. The zero-order valence-electron chi connectivity index (χ0n) is 13.5. The molecular formula is C16H20N4O4S. The molecule has 2 rings (SSSR count). The maximum atomic E-state index is 12.3. The fraction of sp³-hybridized carbons (Fsp3) is 0.250. The Bertz CT molecular complexity index is 896. The van der Waals surface area contributed by atoms with E-state index in [2.05, 4.69) is 10.0 Å². The molecule has 0 amide bonds. The molecular weight excluding hydrogens is 344 g/mol. The van der Waals surface area contributed by atoms with Gasteiger partial charge in [-0.25, -0.2) is 13.1 Å². The first kappa shape index (κ1) is 18.7. The molecule has 0 aliphatic heterocycles. The number of nitrogens with two attached hydrogens (primary N) is 1. The lowest BCUT2D eigenvalue weighted by Crippen LogP contribution is -2.25. The minimum absolute atomic E-state index is 0.0175. The van der Waals surface area contributed by atoms with Gasteiger partial charge in [0.15, 0.2) is 5.96 Å². The van der Waals surface area contributed by atoms with E-state index in [9.17, 15) is 13.2 Å². The van der Waals surface area contributed by atoms with Gasteiger partial charge in [0.1, 0.15) is 0 Å². The van der Waals surface area contributed by atoms with Crippen molar-refractivity contribution in [2.75, 3.05) is 11.9 Å². The molecule has 6 N–H and O–H groups in total. The molecule has 134 valence electrons. The summed E-state index contributed by atoms with van der Waals surface area (Å²) in [5.74, 6) is -1.10. The molecule has 2 aromatic carbocycles. The van der Waals surface area contributed by atoms with Gasteiger partial charge < -0.3 is 16.2 Å². The van der Waals surface area contributed by atoms with E-state index in [4.69, 9.17) is 16.2 Å². The van der Waals surface area contributed by atoms with Gasteiger partial charge in [-0.15, -0.1) is 0 Å². The van der Waals surface area contributed by atoms with Gasteiger partial charge in [0.05, 0.1) is 4.90 Å². The molecule has 0 saturated heterocycles. The molecule has 0 fully saturated rings. The Morgan fingerprint density at radius 3 is 2.64 bits per heavy atom.